The maximum atomic E-state index is 13.7. The topological polar surface area (TPSA) is 98.4 Å². The Kier molecular flexibility index (Phi) is 6.66. The number of fused-ring (bicyclic) bond motifs is 1. The number of aromatic nitrogens is 2. The number of carbonyl (C=O) groups is 1. The molecule has 2 aromatic carbocycles. The summed E-state index contributed by atoms with van der Waals surface area (Å²) < 4.78 is 26.5. The lowest BCUT2D eigenvalue weighted by atomic mass is 9.94. The van der Waals surface area contributed by atoms with E-state index in [1.807, 2.05) is 24.3 Å². The molecule has 1 N–H and O–H groups in total. The van der Waals surface area contributed by atoms with Gasteiger partial charge in [0.2, 0.25) is 0 Å². The van der Waals surface area contributed by atoms with Gasteiger partial charge < -0.3 is 28.9 Å². The van der Waals surface area contributed by atoms with E-state index in [4.69, 9.17) is 14.3 Å². The number of ether oxygens (including phenoxy) is 2. The van der Waals surface area contributed by atoms with Crippen molar-refractivity contribution in [2.45, 2.75) is 32.1 Å². The number of rotatable bonds is 7. The predicted octanol–water partition coefficient (Wildman–Crippen LogP) is 3.75. The Morgan fingerprint density at radius 1 is 1.27 bits per heavy atom. The number of esters is 1. The first-order chi connectivity index (χ1) is 18.0. The Balaban J connectivity index is 1.49. The first kappa shape index (κ1) is 24.5. The summed E-state index contributed by atoms with van der Waals surface area (Å²) in [6, 6.07) is 11.4. The molecule has 0 aliphatic carbocycles. The fourth-order valence-corrected chi connectivity index (χ4v) is 4.68. The summed E-state index contributed by atoms with van der Waals surface area (Å²) in [6.45, 7) is 2.26. The molecule has 1 saturated heterocycles. The fourth-order valence-electron chi connectivity index (χ4n) is 4.68. The monoisotopic (exact) mass is 506 g/mol. The molecule has 1 aromatic heterocycles. The molecule has 0 bridgehead atoms. The third-order valence-electron chi connectivity index (χ3n) is 6.42. The van der Waals surface area contributed by atoms with E-state index < -0.39 is 17.5 Å². The Labute approximate surface area is 213 Å². The van der Waals surface area contributed by atoms with Crippen LogP contribution in [0, 0.1) is 5.82 Å². The smallest absolute Gasteiger partial charge is 0.380 e. The highest BCUT2D eigenvalue weighted by Gasteiger charge is 2.57. The van der Waals surface area contributed by atoms with Gasteiger partial charge in [0.1, 0.15) is 11.6 Å². The van der Waals surface area contributed by atoms with Crippen molar-refractivity contribution in [3.8, 4) is 11.4 Å². The molecule has 0 spiro atoms. The molecule has 10 heteroatoms. The molecule has 0 radical (unpaired) electrons. The normalized spacial score (nSPS) is 19.8. The Morgan fingerprint density at radius 3 is 2.78 bits per heavy atom. The van der Waals surface area contributed by atoms with Gasteiger partial charge in [-0.1, -0.05) is 11.2 Å². The molecule has 1 fully saturated rings. The first-order valence-electron chi connectivity index (χ1n) is 12.0. The average Bonchev–Trinajstić information content (AvgIpc) is 3.56. The zero-order chi connectivity index (χ0) is 26.0. The van der Waals surface area contributed by atoms with Crippen LogP contribution in [0.15, 0.2) is 65.7 Å². The summed E-state index contributed by atoms with van der Waals surface area (Å²) in [6.07, 6.45) is 6.83. The molecule has 3 aromatic rings. The van der Waals surface area contributed by atoms with Gasteiger partial charge in [-0.25, -0.2) is 14.2 Å². The van der Waals surface area contributed by atoms with Crippen molar-refractivity contribution in [1.82, 2.24) is 14.5 Å². The Morgan fingerprint density at radius 2 is 2.08 bits per heavy atom. The molecule has 0 amide bonds. The quantitative estimate of drug-likeness (QED) is 0.488. The van der Waals surface area contributed by atoms with E-state index in [0.717, 1.165) is 29.7 Å². The van der Waals surface area contributed by atoms with Crippen molar-refractivity contribution in [2.24, 2.45) is 5.16 Å². The van der Waals surface area contributed by atoms with E-state index in [2.05, 4.69) is 10.1 Å². The van der Waals surface area contributed by atoms with Crippen molar-refractivity contribution in [1.29, 1.82) is 0 Å². The number of hydrogen-bond acceptors (Lipinski definition) is 8. The number of oxime groups is 1. The molecule has 37 heavy (non-hydrogen) atoms. The van der Waals surface area contributed by atoms with Crippen LogP contribution in [0.4, 0.5) is 4.39 Å². The lowest BCUT2D eigenvalue weighted by Crippen LogP contribution is -2.54. The van der Waals surface area contributed by atoms with Gasteiger partial charge in [0.05, 0.1) is 38.0 Å². The Hall–Kier alpha value is -4.18. The summed E-state index contributed by atoms with van der Waals surface area (Å²) in [7, 11) is 1.59. The molecule has 1 atom stereocenters. The van der Waals surface area contributed by atoms with E-state index in [0.29, 0.717) is 29.4 Å². The third kappa shape index (κ3) is 4.33. The van der Waals surface area contributed by atoms with E-state index in [9.17, 15) is 14.3 Å². The third-order valence-corrected chi connectivity index (χ3v) is 6.42. The number of hydrogen-bond donors (Lipinski definition) is 1. The summed E-state index contributed by atoms with van der Waals surface area (Å²) in [5.41, 5.74) is 1.92. The number of imidazole rings is 1. The standard InChI is InChI=1S/C27H27FN4O5/c1-3-36-26(34)27(20-7-9-21(28)10-8-20)32-12-4-5-19(25(32)30-37-27)13-18-6-11-23(24(14-18)35-2)31-15-22(16-33)29-17-31/h6-11,13-15,17,33H,3-5,12,16H2,1-2H3. The lowest BCUT2D eigenvalue weighted by molar-refractivity contribution is -0.189. The highest BCUT2D eigenvalue weighted by atomic mass is 19.1. The number of aliphatic hydroxyl groups is 1. The lowest BCUT2D eigenvalue weighted by Gasteiger charge is -2.37. The van der Waals surface area contributed by atoms with Gasteiger partial charge in [0.15, 0.2) is 5.84 Å². The SMILES string of the molecule is CCOC(=O)C1(c2ccc(F)cc2)ON=C2C(=Cc3ccc(-n4cnc(CO)c4)c(OC)c3)CCCN21. The highest BCUT2D eigenvalue weighted by Crippen LogP contribution is 2.41. The minimum atomic E-state index is -1.62. The summed E-state index contributed by atoms with van der Waals surface area (Å²) in [5, 5.41) is 13.6. The van der Waals surface area contributed by atoms with Gasteiger partial charge in [0.25, 0.3) is 0 Å². The van der Waals surface area contributed by atoms with Crippen LogP contribution >= 0.6 is 0 Å². The van der Waals surface area contributed by atoms with E-state index >= 15 is 0 Å². The summed E-state index contributed by atoms with van der Waals surface area (Å²) in [4.78, 5) is 25.0. The molecule has 2 aliphatic rings. The highest BCUT2D eigenvalue weighted by molar-refractivity contribution is 6.06. The summed E-state index contributed by atoms with van der Waals surface area (Å²) >= 11 is 0. The number of methoxy groups -OCH3 is 1. The fraction of sp³-hybridized carbons (Fsp3) is 0.296. The number of carbonyl (C=O) groups excluding carboxylic acids is 1. The molecule has 9 nitrogen and oxygen atoms in total. The molecule has 5 rings (SSSR count). The molecule has 2 aliphatic heterocycles. The van der Waals surface area contributed by atoms with Crippen LogP contribution < -0.4 is 4.74 Å². The number of aliphatic hydroxyl groups excluding tert-OH is 1. The maximum absolute atomic E-state index is 13.7. The van der Waals surface area contributed by atoms with Crippen molar-refractivity contribution in [3.05, 3.63) is 83.2 Å². The second-order valence-electron chi connectivity index (χ2n) is 8.66. The predicted molar refractivity (Wildman–Crippen MR) is 133 cm³/mol. The average molecular weight is 507 g/mol. The number of halogens is 1. The van der Waals surface area contributed by atoms with Crippen molar-refractivity contribution in [3.63, 3.8) is 0 Å². The molecule has 3 heterocycles. The van der Waals surface area contributed by atoms with Crippen LogP contribution in [0.5, 0.6) is 5.75 Å². The van der Waals surface area contributed by atoms with Crippen LogP contribution in [0.25, 0.3) is 11.8 Å². The van der Waals surface area contributed by atoms with Crippen LogP contribution in [0.2, 0.25) is 0 Å². The minimum absolute atomic E-state index is 0.147. The van der Waals surface area contributed by atoms with Gasteiger partial charge in [-0.3, -0.25) is 0 Å². The molecule has 0 saturated carbocycles. The zero-order valence-corrected chi connectivity index (χ0v) is 20.6. The largest absolute Gasteiger partial charge is 0.495 e. The molecule has 1 unspecified atom stereocenters. The molecule has 192 valence electrons. The number of piperidine rings is 1. The molecular weight excluding hydrogens is 479 g/mol. The van der Waals surface area contributed by atoms with E-state index in [-0.39, 0.29) is 13.2 Å². The first-order valence-corrected chi connectivity index (χ1v) is 12.0. The van der Waals surface area contributed by atoms with Crippen LogP contribution in [0.3, 0.4) is 0 Å². The van der Waals surface area contributed by atoms with Crippen LogP contribution in [-0.4, -0.2) is 51.6 Å². The zero-order valence-electron chi connectivity index (χ0n) is 20.6. The van der Waals surface area contributed by atoms with Gasteiger partial charge in [-0.15, -0.1) is 0 Å². The van der Waals surface area contributed by atoms with Crippen LogP contribution in [-0.2, 0) is 26.7 Å². The number of nitrogens with zero attached hydrogens (tertiary/aromatic N) is 4. The minimum Gasteiger partial charge on any atom is -0.495 e. The van der Waals surface area contributed by atoms with Crippen molar-refractivity contribution < 1.29 is 28.6 Å². The number of amidine groups is 1. The van der Waals surface area contributed by atoms with Gasteiger partial charge in [-0.05, 0) is 73.4 Å². The van der Waals surface area contributed by atoms with Gasteiger partial charge in [-0.2, -0.15) is 0 Å². The summed E-state index contributed by atoms with van der Waals surface area (Å²) in [5.74, 6) is 0.145. The Bertz CT molecular complexity index is 1370. The second-order valence-corrected chi connectivity index (χ2v) is 8.66. The molecular formula is C27H27FN4O5. The van der Waals surface area contributed by atoms with Gasteiger partial charge in [0, 0.05) is 18.3 Å². The van der Waals surface area contributed by atoms with Crippen LogP contribution in [0.1, 0.15) is 36.6 Å². The second kappa shape index (κ2) is 10.1. The van der Waals surface area contributed by atoms with E-state index in [1.54, 1.807) is 36.0 Å². The van der Waals surface area contributed by atoms with Gasteiger partial charge >= 0.3 is 11.7 Å². The van der Waals surface area contributed by atoms with E-state index in [1.165, 1.54) is 24.3 Å². The number of benzene rings is 2. The van der Waals surface area contributed by atoms with Crippen molar-refractivity contribution in [2.75, 3.05) is 20.3 Å². The van der Waals surface area contributed by atoms with Crippen molar-refractivity contribution >= 4 is 17.9 Å². The maximum Gasteiger partial charge on any atom is 0.380 e.